The third kappa shape index (κ3) is 19.0. The number of hydrogen-bond donors (Lipinski definition) is 2. The highest BCUT2D eigenvalue weighted by molar-refractivity contribution is 5.64. The lowest BCUT2D eigenvalue weighted by Crippen LogP contribution is -2.22. The monoisotopic (exact) mass is 658 g/mol. The third-order valence-corrected chi connectivity index (χ3v) is 5.09. The summed E-state index contributed by atoms with van der Waals surface area (Å²) in [6.07, 6.45) is -2.33. The molecule has 0 aliphatic rings. The predicted octanol–water partition coefficient (Wildman–Crippen LogP) is 3.05. The van der Waals surface area contributed by atoms with E-state index in [1.54, 1.807) is 6.92 Å². The summed E-state index contributed by atoms with van der Waals surface area (Å²) in [5, 5.41) is 37.9. The van der Waals surface area contributed by atoms with Gasteiger partial charge in [-0.05, 0) is 38.1 Å². The standard InChI is InChI=1S/C21H22N2O12.C7H16O4/c1-15(31-12-13-33-21(25)35-19-8-4-17(5-9-19)23(28)29)14-30-10-11-32-20(24)34-18-6-2-16(3-7-18)22(26)27;1-7(11-5-3-9)6-10-4-2-8/h2-9,15H,10-14H2,1H3;7-9H,2-6H2,1H3. The van der Waals surface area contributed by atoms with Gasteiger partial charge in [0.05, 0.1) is 74.9 Å². The van der Waals surface area contributed by atoms with Crippen LogP contribution in [0.25, 0.3) is 0 Å². The van der Waals surface area contributed by atoms with Crippen molar-refractivity contribution in [3.63, 3.8) is 0 Å². The molecule has 0 aromatic heterocycles. The maximum absolute atomic E-state index is 11.6. The highest BCUT2D eigenvalue weighted by Crippen LogP contribution is 2.18. The van der Waals surface area contributed by atoms with Crippen molar-refractivity contribution in [2.75, 3.05) is 66.1 Å². The SMILES string of the molecule is CC(COCCO)OCCO.CC(COCCOC(=O)Oc1ccc([N+](=O)[O-])cc1)OCCOC(=O)Oc1ccc([N+](=O)[O-])cc1. The molecule has 0 radical (unpaired) electrons. The van der Waals surface area contributed by atoms with Gasteiger partial charge in [-0.15, -0.1) is 0 Å². The molecule has 18 heteroatoms. The summed E-state index contributed by atoms with van der Waals surface area (Å²) >= 11 is 0. The first-order chi connectivity index (χ1) is 22.0. The van der Waals surface area contributed by atoms with Gasteiger partial charge < -0.3 is 48.1 Å². The van der Waals surface area contributed by atoms with Crippen molar-refractivity contribution in [1.29, 1.82) is 0 Å². The Morgan fingerprint density at radius 2 is 1.02 bits per heavy atom. The molecule has 2 unspecified atom stereocenters. The molecule has 0 saturated carbocycles. The van der Waals surface area contributed by atoms with Gasteiger partial charge in [0.25, 0.3) is 11.4 Å². The molecule has 0 amide bonds. The van der Waals surface area contributed by atoms with E-state index < -0.39 is 22.2 Å². The Morgan fingerprint density at radius 1 is 0.630 bits per heavy atom. The molecule has 0 spiro atoms. The average molecular weight is 659 g/mol. The van der Waals surface area contributed by atoms with E-state index in [0.29, 0.717) is 19.8 Å². The zero-order chi connectivity index (χ0) is 34.2. The molecule has 2 rings (SSSR count). The zero-order valence-corrected chi connectivity index (χ0v) is 25.3. The van der Waals surface area contributed by atoms with E-state index in [9.17, 15) is 29.8 Å². The molecular formula is C28H38N2O16. The second-order valence-electron chi connectivity index (χ2n) is 8.86. The number of hydrogen-bond acceptors (Lipinski definition) is 16. The van der Waals surface area contributed by atoms with Crippen molar-refractivity contribution in [1.82, 2.24) is 0 Å². The zero-order valence-electron chi connectivity index (χ0n) is 25.3. The van der Waals surface area contributed by atoms with Crippen molar-refractivity contribution in [2.24, 2.45) is 0 Å². The van der Waals surface area contributed by atoms with E-state index in [4.69, 9.17) is 48.1 Å². The van der Waals surface area contributed by atoms with Crippen molar-refractivity contribution >= 4 is 23.7 Å². The van der Waals surface area contributed by atoms with Crippen LogP contribution >= 0.6 is 0 Å². The number of rotatable bonds is 20. The van der Waals surface area contributed by atoms with Gasteiger partial charge in [0.1, 0.15) is 24.7 Å². The van der Waals surface area contributed by atoms with Gasteiger partial charge in [0.2, 0.25) is 0 Å². The number of aliphatic hydroxyl groups is 2. The number of nitrogens with zero attached hydrogens (tertiary/aromatic N) is 2. The molecule has 0 bridgehead atoms. The smallest absolute Gasteiger partial charge is 0.432 e. The molecule has 0 heterocycles. The van der Waals surface area contributed by atoms with Crippen molar-refractivity contribution < 1.29 is 67.5 Å². The quantitative estimate of drug-likeness (QED) is 0.0683. The topological polar surface area (TPSA) is 235 Å². The summed E-state index contributed by atoms with van der Waals surface area (Å²) < 4.78 is 40.2. The van der Waals surface area contributed by atoms with Gasteiger partial charge in [0, 0.05) is 24.3 Å². The summed E-state index contributed by atoms with van der Waals surface area (Å²) in [4.78, 5) is 43.2. The van der Waals surface area contributed by atoms with Crippen molar-refractivity contribution in [2.45, 2.75) is 26.1 Å². The van der Waals surface area contributed by atoms with Crippen LogP contribution in [-0.4, -0.2) is 111 Å². The van der Waals surface area contributed by atoms with Crippen LogP contribution in [-0.2, 0) is 28.4 Å². The highest BCUT2D eigenvalue weighted by atomic mass is 16.7. The summed E-state index contributed by atoms with van der Waals surface area (Å²) in [7, 11) is 0. The Hall–Kier alpha value is -4.46. The predicted molar refractivity (Wildman–Crippen MR) is 157 cm³/mol. The molecular weight excluding hydrogens is 620 g/mol. The van der Waals surface area contributed by atoms with Crippen LogP contribution in [0.2, 0.25) is 0 Å². The van der Waals surface area contributed by atoms with E-state index in [-0.39, 0.29) is 81.3 Å². The molecule has 2 aromatic rings. The van der Waals surface area contributed by atoms with E-state index in [1.807, 2.05) is 6.92 Å². The first-order valence-electron chi connectivity index (χ1n) is 13.8. The van der Waals surface area contributed by atoms with Gasteiger partial charge in [-0.3, -0.25) is 20.2 Å². The second-order valence-corrected chi connectivity index (χ2v) is 8.86. The van der Waals surface area contributed by atoms with Crippen LogP contribution in [0.5, 0.6) is 11.5 Å². The Morgan fingerprint density at radius 3 is 1.43 bits per heavy atom. The van der Waals surface area contributed by atoms with Gasteiger partial charge in [-0.2, -0.15) is 0 Å². The molecule has 256 valence electrons. The molecule has 0 fully saturated rings. The third-order valence-electron chi connectivity index (χ3n) is 5.09. The van der Waals surface area contributed by atoms with Gasteiger partial charge in [-0.1, -0.05) is 0 Å². The molecule has 0 aliphatic heterocycles. The summed E-state index contributed by atoms with van der Waals surface area (Å²) in [6.45, 7) is 4.91. The number of ether oxygens (including phenoxy) is 8. The number of non-ortho nitro benzene ring substituents is 2. The van der Waals surface area contributed by atoms with Gasteiger partial charge in [-0.25, -0.2) is 9.59 Å². The van der Waals surface area contributed by atoms with Crippen molar-refractivity contribution in [3.8, 4) is 11.5 Å². The Balaban J connectivity index is 0.000000818. The van der Waals surface area contributed by atoms with E-state index in [1.165, 1.54) is 48.5 Å². The first-order valence-corrected chi connectivity index (χ1v) is 13.8. The fourth-order valence-electron chi connectivity index (χ4n) is 2.99. The number of nitro groups is 2. The number of benzene rings is 2. The molecule has 18 nitrogen and oxygen atoms in total. The van der Waals surface area contributed by atoms with E-state index >= 15 is 0 Å². The number of aliphatic hydroxyl groups excluding tert-OH is 2. The minimum atomic E-state index is -0.982. The fraction of sp³-hybridized carbons (Fsp3) is 0.500. The maximum Gasteiger partial charge on any atom is 0.513 e. The van der Waals surface area contributed by atoms with Crippen LogP contribution in [0.4, 0.5) is 21.0 Å². The van der Waals surface area contributed by atoms with Crippen LogP contribution in [0.15, 0.2) is 48.5 Å². The van der Waals surface area contributed by atoms with E-state index in [0.717, 1.165) is 0 Å². The summed E-state index contributed by atoms with van der Waals surface area (Å²) in [5.41, 5.74) is -0.270. The molecule has 2 N–H and O–H groups in total. The lowest BCUT2D eigenvalue weighted by atomic mass is 10.3. The van der Waals surface area contributed by atoms with Crippen LogP contribution in [0, 0.1) is 20.2 Å². The average Bonchev–Trinajstić information content (AvgIpc) is 3.03. The minimum Gasteiger partial charge on any atom is -0.432 e. The second kappa shape index (κ2) is 23.9. The summed E-state index contributed by atoms with van der Waals surface area (Å²) in [6, 6.07) is 9.87. The Kier molecular flexibility index (Phi) is 20.5. The largest absolute Gasteiger partial charge is 0.513 e. The first kappa shape index (κ1) is 39.6. The minimum absolute atomic E-state index is 0.0197. The highest BCUT2D eigenvalue weighted by Gasteiger charge is 2.11. The van der Waals surface area contributed by atoms with Crippen LogP contribution < -0.4 is 9.47 Å². The molecule has 2 aromatic carbocycles. The molecule has 0 aliphatic carbocycles. The number of carbonyl (C=O) groups excluding carboxylic acids is 2. The number of carbonyl (C=O) groups is 2. The fourth-order valence-corrected chi connectivity index (χ4v) is 2.99. The Labute approximate surface area is 263 Å². The Bertz CT molecular complexity index is 1160. The normalized spacial score (nSPS) is 11.7. The lowest BCUT2D eigenvalue weighted by Gasteiger charge is -2.13. The molecule has 46 heavy (non-hydrogen) atoms. The number of nitro benzene ring substituents is 2. The summed E-state index contributed by atoms with van der Waals surface area (Å²) in [5.74, 6) is 0.199. The van der Waals surface area contributed by atoms with E-state index in [2.05, 4.69) is 0 Å². The van der Waals surface area contributed by atoms with Gasteiger partial charge >= 0.3 is 12.3 Å². The molecule has 2 atom stereocenters. The lowest BCUT2D eigenvalue weighted by molar-refractivity contribution is -0.385. The molecule has 0 saturated heterocycles. The maximum atomic E-state index is 11.6. The van der Waals surface area contributed by atoms with Gasteiger partial charge in [0.15, 0.2) is 0 Å². The van der Waals surface area contributed by atoms with Crippen molar-refractivity contribution in [3.05, 3.63) is 68.8 Å². The van der Waals surface area contributed by atoms with Crippen LogP contribution in [0.3, 0.4) is 0 Å². The van der Waals surface area contributed by atoms with Crippen LogP contribution in [0.1, 0.15) is 13.8 Å².